The van der Waals surface area contributed by atoms with Gasteiger partial charge >= 0.3 is 0 Å². The number of nitriles is 1. The Morgan fingerprint density at radius 3 is 2.96 bits per heavy atom. The molecule has 1 aromatic carbocycles. The second kappa shape index (κ2) is 7.62. The minimum Gasteiger partial charge on any atom is -0.478 e. The van der Waals surface area contributed by atoms with E-state index in [1.807, 2.05) is 13.0 Å². The number of aromatic amines is 1. The molecule has 128 valence electrons. The van der Waals surface area contributed by atoms with Gasteiger partial charge < -0.3 is 19.2 Å². The first-order valence-electron chi connectivity index (χ1n) is 7.84. The Bertz CT molecular complexity index is 776. The largest absolute Gasteiger partial charge is 0.478 e. The van der Waals surface area contributed by atoms with Crippen LogP contribution in [0, 0.1) is 18.3 Å². The predicted octanol–water partition coefficient (Wildman–Crippen LogP) is 4.73. The summed E-state index contributed by atoms with van der Waals surface area (Å²) in [6, 6.07) is 3.60. The Labute approximate surface area is 150 Å². The van der Waals surface area contributed by atoms with Crippen LogP contribution in [0.2, 0.25) is 10.0 Å². The molecule has 5 nitrogen and oxygen atoms in total. The molecule has 1 saturated heterocycles. The fraction of sp³-hybridized carbons (Fsp3) is 0.471. The summed E-state index contributed by atoms with van der Waals surface area (Å²) in [6.07, 6.45) is 2.93. The number of benzene rings is 1. The molecule has 0 radical (unpaired) electrons. The van der Waals surface area contributed by atoms with Crippen molar-refractivity contribution in [3.8, 4) is 11.8 Å². The third-order valence-corrected chi connectivity index (χ3v) is 4.92. The van der Waals surface area contributed by atoms with Crippen LogP contribution in [0.25, 0.3) is 10.9 Å². The minimum absolute atomic E-state index is 0.0561. The maximum Gasteiger partial charge on any atom is 0.174 e. The highest BCUT2D eigenvalue weighted by molar-refractivity contribution is 6.45. The predicted molar refractivity (Wildman–Crippen MR) is 92.5 cm³/mol. The SMILES string of the molecule is Cc1c(COC2CCCCO2)[nH]c2c(Cl)c(Cl)cc(OCC#N)c12. The molecule has 1 aliphatic rings. The Kier molecular flexibility index (Phi) is 5.52. The van der Waals surface area contributed by atoms with Crippen molar-refractivity contribution in [2.75, 3.05) is 13.2 Å². The number of fused-ring (bicyclic) bond motifs is 1. The highest BCUT2D eigenvalue weighted by atomic mass is 35.5. The summed E-state index contributed by atoms with van der Waals surface area (Å²) in [4.78, 5) is 3.27. The summed E-state index contributed by atoms with van der Waals surface area (Å²) >= 11 is 12.5. The van der Waals surface area contributed by atoms with Crippen molar-refractivity contribution in [2.24, 2.45) is 0 Å². The first-order chi connectivity index (χ1) is 11.6. The zero-order valence-electron chi connectivity index (χ0n) is 13.3. The zero-order valence-corrected chi connectivity index (χ0v) is 14.8. The maximum absolute atomic E-state index is 8.75. The molecule has 1 N–H and O–H groups in total. The summed E-state index contributed by atoms with van der Waals surface area (Å²) in [5.41, 5.74) is 2.55. The molecule has 0 bridgehead atoms. The summed E-state index contributed by atoms with van der Waals surface area (Å²) in [5.74, 6) is 0.537. The van der Waals surface area contributed by atoms with E-state index in [-0.39, 0.29) is 12.9 Å². The van der Waals surface area contributed by atoms with Crippen LogP contribution in [-0.4, -0.2) is 24.5 Å². The van der Waals surface area contributed by atoms with Crippen LogP contribution in [-0.2, 0) is 16.1 Å². The van der Waals surface area contributed by atoms with E-state index in [0.717, 1.165) is 42.5 Å². The smallest absolute Gasteiger partial charge is 0.174 e. The third-order valence-electron chi connectivity index (χ3n) is 4.13. The lowest BCUT2D eigenvalue weighted by Crippen LogP contribution is -2.22. The van der Waals surface area contributed by atoms with Gasteiger partial charge in [0.05, 0.1) is 22.2 Å². The number of ether oxygens (including phenoxy) is 3. The highest BCUT2D eigenvalue weighted by Gasteiger charge is 2.20. The van der Waals surface area contributed by atoms with Crippen molar-refractivity contribution < 1.29 is 14.2 Å². The Morgan fingerprint density at radius 1 is 1.42 bits per heavy atom. The molecule has 2 aromatic rings. The number of aromatic nitrogens is 1. The van der Waals surface area contributed by atoms with E-state index in [4.69, 9.17) is 42.7 Å². The van der Waals surface area contributed by atoms with Crippen molar-refractivity contribution >= 4 is 34.1 Å². The van der Waals surface area contributed by atoms with Gasteiger partial charge in [-0.1, -0.05) is 23.2 Å². The Morgan fingerprint density at radius 2 is 2.25 bits per heavy atom. The maximum atomic E-state index is 8.75. The normalized spacial score (nSPS) is 17.8. The molecular weight excluding hydrogens is 351 g/mol. The Balaban J connectivity index is 1.90. The van der Waals surface area contributed by atoms with Crippen LogP contribution in [0.15, 0.2) is 6.07 Å². The van der Waals surface area contributed by atoms with Crippen LogP contribution in [0.1, 0.15) is 30.5 Å². The number of hydrogen-bond acceptors (Lipinski definition) is 4. The third kappa shape index (κ3) is 3.47. The number of hydrogen-bond donors (Lipinski definition) is 1. The lowest BCUT2D eigenvalue weighted by atomic mass is 10.1. The van der Waals surface area contributed by atoms with E-state index < -0.39 is 0 Å². The number of aryl methyl sites for hydroxylation is 1. The average Bonchev–Trinajstić information content (AvgIpc) is 2.93. The Hall–Kier alpha value is -1.45. The van der Waals surface area contributed by atoms with Crippen molar-refractivity contribution in [1.29, 1.82) is 5.26 Å². The van der Waals surface area contributed by atoms with Crippen LogP contribution in [0.3, 0.4) is 0 Å². The van der Waals surface area contributed by atoms with Gasteiger partial charge in [-0.25, -0.2) is 0 Å². The zero-order chi connectivity index (χ0) is 17.1. The van der Waals surface area contributed by atoms with Crippen molar-refractivity contribution in [3.63, 3.8) is 0 Å². The lowest BCUT2D eigenvalue weighted by molar-refractivity contribution is -0.169. The van der Waals surface area contributed by atoms with Gasteiger partial charge in [-0.05, 0) is 31.7 Å². The number of nitrogens with one attached hydrogen (secondary N) is 1. The van der Waals surface area contributed by atoms with Gasteiger partial charge in [0.1, 0.15) is 11.8 Å². The molecule has 3 rings (SSSR count). The standard InChI is InChI=1S/C17H18Cl2N2O3/c1-10-12(9-24-14-4-2-3-6-23-14)21-17-15(10)13(22-7-5-20)8-11(18)16(17)19/h8,14,21H,2-4,6-7,9H2,1H3. The van der Waals surface area contributed by atoms with Gasteiger partial charge in [0.25, 0.3) is 0 Å². The number of H-pyrrole nitrogens is 1. The van der Waals surface area contributed by atoms with Crippen LogP contribution in [0.5, 0.6) is 5.75 Å². The fourth-order valence-electron chi connectivity index (χ4n) is 2.88. The van der Waals surface area contributed by atoms with Crippen molar-refractivity contribution in [2.45, 2.75) is 39.1 Å². The van der Waals surface area contributed by atoms with E-state index in [0.29, 0.717) is 27.9 Å². The molecule has 7 heteroatoms. The second-order valence-electron chi connectivity index (χ2n) is 5.70. The van der Waals surface area contributed by atoms with Crippen LogP contribution < -0.4 is 4.74 Å². The quantitative estimate of drug-likeness (QED) is 0.828. The first kappa shape index (κ1) is 17.4. The second-order valence-corrected chi connectivity index (χ2v) is 6.49. The first-order valence-corrected chi connectivity index (χ1v) is 8.59. The summed E-state index contributed by atoms with van der Waals surface area (Å²) in [7, 11) is 0. The van der Waals surface area contributed by atoms with Crippen LogP contribution >= 0.6 is 23.2 Å². The molecule has 1 unspecified atom stereocenters. The molecule has 1 aromatic heterocycles. The highest BCUT2D eigenvalue weighted by Crippen LogP contribution is 2.40. The number of halogens is 2. The fourth-order valence-corrected chi connectivity index (χ4v) is 3.27. The summed E-state index contributed by atoms with van der Waals surface area (Å²) < 4.78 is 16.9. The molecule has 0 saturated carbocycles. The van der Waals surface area contributed by atoms with Gasteiger partial charge in [0.15, 0.2) is 12.9 Å². The van der Waals surface area contributed by atoms with E-state index >= 15 is 0 Å². The molecule has 1 atom stereocenters. The van der Waals surface area contributed by atoms with E-state index in [2.05, 4.69) is 4.98 Å². The van der Waals surface area contributed by atoms with Gasteiger partial charge in [-0.2, -0.15) is 5.26 Å². The molecule has 1 aliphatic heterocycles. The summed E-state index contributed by atoms with van der Waals surface area (Å²) in [6.45, 7) is 3.03. The molecule has 2 heterocycles. The van der Waals surface area contributed by atoms with E-state index in [1.165, 1.54) is 0 Å². The minimum atomic E-state index is -0.169. The van der Waals surface area contributed by atoms with Crippen LogP contribution in [0.4, 0.5) is 0 Å². The summed E-state index contributed by atoms with van der Waals surface area (Å²) in [5, 5.41) is 10.4. The lowest BCUT2D eigenvalue weighted by Gasteiger charge is -2.22. The van der Waals surface area contributed by atoms with Gasteiger partial charge in [-0.15, -0.1) is 0 Å². The van der Waals surface area contributed by atoms with Gasteiger partial charge in [0.2, 0.25) is 0 Å². The van der Waals surface area contributed by atoms with Crippen molar-refractivity contribution in [3.05, 3.63) is 27.4 Å². The number of nitrogens with zero attached hydrogens (tertiary/aromatic N) is 1. The van der Waals surface area contributed by atoms with Gasteiger partial charge in [0, 0.05) is 23.8 Å². The molecule has 0 amide bonds. The molecule has 24 heavy (non-hydrogen) atoms. The van der Waals surface area contributed by atoms with Gasteiger partial charge in [-0.3, -0.25) is 0 Å². The topological polar surface area (TPSA) is 67.3 Å². The number of rotatable bonds is 5. The molecule has 0 spiro atoms. The monoisotopic (exact) mass is 368 g/mol. The molecular formula is C17H18Cl2N2O3. The van der Waals surface area contributed by atoms with Crippen molar-refractivity contribution in [1.82, 2.24) is 4.98 Å². The van der Waals surface area contributed by atoms with E-state index in [1.54, 1.807) is 6.07 Å². The average molecular weight is 369 g/mol. The van der Waals surface area contributed by atoms with E-state index in [9.17, 15) is 0 Å². The molecule has 0 aliphatic carbocycles. The molecule has 1 fully saturated rings.